The number of piperidine rings is 1. The maximum atomic E-state index is 16.3. The van der Waals surface area contributed by atoms with Crippen LogP contribution in [-0.2, 0) is 37.8 Å². The highest BCUT2D eigenvalue weighted by Crippen LogP contribution is 2.60. The number of aliphatic hydroxyl groups is 1. The topological polar surface area (TPSA) is 90.4 Å². The van der Waals surface area contributed by atoms with Crippen molar-refractivity contribution in [1.29, 1.82) is 0 Å². The van der Waals surface area contributed by atoms with Gasteiger partial charge in [0.25, 0.3) is 5.91 Å². The smallest absolute Gasteiger partial charge is 0.264 e. The molecule has 1 spiro atoms. The maximum Gasteiger partial charge on any atom is 0.264 e. The Bertz CT molecular complexity index is 1670. The van der Waals surface area contributed by atoms with Crippen molar-refractivity contribution in [2.75, 3.05) is 29.5 Å². The molecule has 2 saturated heterocycles. The Morgan fingerprint density at radius 3 is 2.46 bits per heavy atom. The van der Waals surface area contributed by atoms with Crippen molar-refractivity contribution in [2.24, 2.45) is 5.92 Å². The van der Waals surface area contributed by atoms with Gasteiger partial charge in [-0.3, -0.25) is 14.4 Å². The Hall–Kier alpha value is -3.57. The van der Waals surface area contributed by atoms with Gasteiger partial charge in [0.2, 0.25) is 20.2 Å². The van der Waals surface area contributed by atoms with E-state index < -0.39 is 31.6 Å². The first-order chi connectivity index (χ1) is 22.9. The van der Waals surface area contributed by atoms with E-state index in [-0.39, 0.29) is 43.8 Å². The van der Waals surface area contributed by atoms with Gasteiger partial charge in [-0.25, -0.2) is 0 Å². The lowest BCUT2D eigenvalue weighted by atomic mass is 9.82. The van der Waals surface area contributed by atoms with Crippen LogP contribution in [0.5, 0.6) is 0 Å². The summed E-state index contributed by atoms with van der Waals surface area (Å²) in [5.41, 5.74) is 1.65. The lowest BCUT2D eigenvalue weighted by Gasteiger charge is -2.31. The number of fused-ring (bicyclic) bond motifs is 2. The molecule has 11 heteroatoms. The van der Waals surface area contributed by atoms with Gasteiger partial charge in [-0.05, 0) is 67.4 Å². The zero-order chi connectivity index (χ0) is 34.2. The van der Waals surface area contributed by atoms with Crippen LogP contribution in [0.4, 0.5) is 15.5 Å². The predicted octanol–water partition coefficient (Wildman–Crippen LogP) is 6.59. The van der Waals surface area contributed by atoms with E-state index in [9.17, 15) is 19.5 Å². The largest absolute Gasteiger partial charge is 0.395 e. The summed E-state index contributed by atoms with van der Waals surface area (Å²) >= 11 is 6.52. The van der Waals surface area contributed by atoms with Crippen molar-refractivity contribution in [1.82, 2.24) is 4.90 Å². The number of halogens is 2. The highest BCUT2D eigenvalue weighted by Gasteiger charge is 2.67. The highest BCUT2D eigenvalue weighted by molar-refractivity contribution is 6.72. The Kier molecular flexibility index (Phi) is 9.82. The second-order valence-corrected chi connectivity index (χ2v) is 18.0. The Balaban J connectivity index is 1.30. The molecule has 0 saturated carbocycles. The third kappa shape index (κ3) is 6.43. The van der Waals surface area contributed by atoms with Crippen LogP contribution in [0.25, 0.3) is 0 Å². The van der Waals surface area contributed by atoms with Gasteiger partial charge < -0.3 is 28.7 Å². The minimum absolute atomic E-state index is 0.116. The lowest BCUT2D eigenvalue weighted by molar-refractivity contribution is -0.150. The second-order valence-electron chi connectivity index (χ2n) is 13.7. The normalized spacial score (nSPS) is 24.0. The van der Waals surface area contributed by atoms with Crippen molar-refractivity contribution in [3.8, 4) is 0 Å². The molecule has 0 radical (unpaired) electrons. The number of hydrogen-bond donors (Lipinski definition) is 1. The van der Waals surface area contributed by atoms with Crippen molar-refractivity contribution in [3.05, 3.63) is 94.5 Å². The molecule has 3 amide bonds. The molecule has 0 bridgehead atoms. The molecule has 254 valence electrons. The van der Waals surface area contributed by atoms with Gasteiger partial charge in [-0.1, -0.05) is 61.0 Å². The number of hydrogen-bond acceptors (Lipinski definition) is 5. The van der Waals surface area contributed by atoms with Crippen LogP contribution in [0.1, 0.15) is 49.3 Å². The third-order valence-corrected chi connectivity index (χ3v) is 12.8. The molecule has 3 heterocycles. The summed E-state index contributed by atoms with van der Waals surface area (Å²) < 4.78 is 23.1. The summed E-state index contributed by atoms with van der Waals surface area (Å²) in [6, 6.07) is 22.4. The van der Waals surface area contributed by atoms with E-state index in [0.717, 1.165) is 29.7 Å². The van der Waals surface area contributed by atoms with E-state index in [2.05, 4.69) is 0 Å². The molecule has 3 aliphatic rings. The number of aliphatic hydroxyl groups excluding tert-OH is 1. The molecule has 2 fully saturated rings. The predicted molar refractivity (Wildman–Crippen MR) is 187 cm³/mol. The number of carbonyl (C=O) groups excluding carboxylic acids is 3. The van der Waals surface area contributed by atoms with E-state index in [1.807, 2.05) is 61.5 Å². The molecule has 1 N–H and O–H groups in total. The van der Waals surface area contributed by atoms with Crippen LogP contribution >= 0.6 is 11.6 Å². The zero-order valence-corrected chi connectivity index (χ0v) is 29.5. The molecule has 0 unspecified atom stereocenters. The van der Waals surface area contributed by atoms with Gasteiger partial charge in [0.1, 0.15) is 0 Å². The third-order valence-electron chi connectivity index (χ3n) is 10.1. The van der Waals surface area contributed by atoms with Crippen molar-refractivity contribution in [2.45, 2.75) is 76.0 Å². The Morgan fingerprint density at radius 2 is 1.79 bits per heavy atom. The van der Waals surface area contributed by atoms with E-state index >= 15 is 4.11 Å². The number of rotatable bonds is 10. The van der Waals surface area contributed by atoms with Gasteiger partial charge in [0.15, 0.2) is 5.60 Å². The van der Waals surface area contributed by atoms with Crippen LogP contribution in [-0.4, -0.2) is 61.9 Å². The summed E-state index contributed by atoms with van der Waals surface area (Å²) in [7, 11) is -3.51. The van der Waals surface area contributed by atoms with Crippen LogP contribution in [0.2, 0.25) is 23.7 Å². The number of ether oxygens (including phenoxy) is 1. The molecule has 3 aromatic carbocycles. The fourth-order valence-corrected chi connectivity index (χ4v) is 10.6. The summed E-state index contributed by atoms with van der Waals surface area (Å²) in [5.74, 6) is -1.04. The van der Waals surface area contributed by atoms with Crippen molar-refractivity contribution < 1.29 is 28.3 Å². The molecule has 3 aromatic rings. The molecular weight excluding hydrogens is 649 g/mol. The monoisotopic (exact) mass is 691 g/mol. The molecule has 8 nitrogen and oxygen atoms in total. The average Bonchev–Trinajstić information content (AvgIpc) is 3.48. The van der Waals surface area contributed by atoms with Gasteiger partial charge in [0, 0.05) is 53.8 Å². The van der Waals surface area contributed by atoms with Crippen LogP contribution in [0.15, 0.2) is 72.8 Å². The minimum atomic E-state index is -3.51. The fourth-order valence-electron chi connectivity index (χ4n) is 7.94. The Morgan fingerprint density at radius 1 is 1.06 bits per heavy atom. The number of benzene rings is 3. The zero-order valence-electron chi connectivity index (χ0n) is 27.7. The van der Waals surface area contributed by atoms with Gasteiger partial charge in [0.05, 0.1) is 31.4 Å². The van der Waals surface area contributed by atoms with Crippen molar-refractivity contribution >= 4 is 49.1 Å². The molecular formula is C37H43ClFN3O5Si. The number of anilines is 2. The summed E-state index contributed by atoms with van der Waals surface area (Å²) in [5, 5.41) is 10.2. The van der Waals surface area contributed by atoms with Crippen molar-refractivity contribution in [3.63, 3.8) is 0 Å². The molecule has 3 aliphatic heterocycles. The fraction of sp³-hybridized carbons (Fsp3) is 0.432. The summed E-state index contributed by atoms with van der Waals surface area (Å²) in [4.78, 5) is 46.0. The summed E-state index contributed by atoms with van der Waals surface area (Å²) in [6.45, 7) is 6.20. The average molecular weight is 692 g/mol. The first-order valence-corrected chi connectivity index (χ1v) is 20.1. The lowest BCUT2D eigenvalue weighted by Crippen LogP contribution is -2.45. The van der Waals surface area contributed by atoms with Crippen LogP contribution in [0.3, 0.4) is 0 Å². The van der Waals surface area contributed by atoms with E-state index in [1.165, 1.54) is 0 Å². The van der Waals surface area contributed by atoms with E-state index in [4.69, 9.17) is 16.3 Å². The van der Waals surface area contributed by atoms with Gasteiger partial charge in [-0.15, -0.1) is 0 Å². The summed E-state index contributed by atoms with van der Waals surface area (Å²) in [6.07, 6.45) is 1.44. The minimum Gasteiger partial charge on any atom is -0.395 e. The molecule has 4 atom stereocenters. The molecule has 0 aromatic heterocycles. The van der Waals surface area contributed by atoms with E-state index in [1.54, 1.807) is 46.0 Å². The second kappa shape index (κ2) is 13.7. The van der Waals surface area contributed by atoms with Crippen LogP contribution in [0, 0.1) is 5.92 Å². The van der Waals surface area contributed by atoms with Gasteiger partial charge >= 0.3 is 0 Å². The number of nitrogens with zero attached hydrogens (tertiary/aromatic N) is 3. The number of carbonyl (C=O) groups is 3. The molecule has 48 heavy (non-hydrogen) atoms. The molecule has 6 rings (SSSR count). The highest BCUT2D eigenvalue weighted by atomic mass is 35.5. The quantitative estimate of drug-likeness (QED) is 0.191. The first-order valence-electron chi connectivity index (χ1n) is 16.7. The Labute approximate surface area is 287 Å². The SMILES string of the molecule is C[C@H]1[C@H]([Si](C)(C)F)[C@@H](CC(=O)N(CCO)Cc2ccccc2)O[C@]12C(=O)N(Cc1ccc(N3CCCCC3=O)cc1)c1ccc(Cl)cc12. The standard InChI is InChI=1S/C37H43ClFN3O5Si/c1-25-35(48(2,3)39)32(22-34(45)40(19-20-43)23-26-9-5-4-6-10-26)47-37(25)30-21-28(38)14-17-31(30)42(36(37)46)24-27-12-15-29(16-13-27)41-18-8-7-11-33(41)44/h4-6,9-10,12-17,21,25,32,35,43H,7-8,11,18-20,22-24H2,1-3H3/t25-,32+,35-,37+/m0/s1. The van der Waals surface area contributed by atoms with E-state index in [0.29, 0.717) is 35.8 Å². The van der Waals surface area contributed by atoms with Crippen LogP contribution < -0.4 is 9.80 Å². The number of amides is 3. The first kappa shape index (κ1) is 34.3. The molecule has 0 aliphatic carbocycles. The van der Waals surface area contributed by atoms with Gasteiger partial charge in [-0.2, -0.15) is 0 Å². The maximum absolute atomic E-state index is 16.3.